The Balaban J connectivity index is 1.83. The van der Waals surface area contributed by atoms with Crippen LogP contribution in [0, 0.1) is 11.8 Å². The summed E-state index contributed by atoms with van der Waals surface area (Å²) in [4.78, 5) is 23.9. The van der Waals surface area contributed by atoms with Crippen molar-refractivity contribution in [3.63, 3.8) is 0 Å². The van der Waals surface area contributed by atoms with Gasteiger partial charge >= 0.3 is 11.8 Å². The Morgan fingerprint density at radius 2 is 2.14 bits per heavy atom. The van der Waals surface area contributed by atoms with Gasteiger partial charge in [0.2, 0.25) is 0 Å². The van der Waals surface area contributed by atoms with E-state index in [0.29, 0.717) is 17.7 Å². The summed E-state index contributed by atoms with van der Waals surface area (Å²) in [5, 5.41) is 9.45. The van der Waals surface area contributed by atoms with Gasteiger partial charge in [0.15, 0.2) is 5.82 Å². The Kier molecular flexibility index (Phi) is 5.57. The molecule has 122 valence electrons. The molecule has 2 rings (SSSR count). The molecule has 2 amide bonds. The molecular formula is C16H26N4O2. The third-order valence-corrected chi connectivity index (χ3v) is 4.25. The number of hydrogen-bond donors (Lipinski definition) is 2. The van der Waals surface area contributed by atoms with E-state index in [0.717, 1.165) is 32.1 Å². The largest absolute Gasteiger partial charge is 0.345 e. The van der Waals surface area contributed by atoms with Gasteiger partial charge in [-0.05, 0) is 31.1 Å². The molecule has 0 aromatic carbocycles. The van der Waals surface area contributed by atoms with E-state index in [1.165, 1.54) is 0 Å². The molecular weight excluding hydrogens is 280 g/mol. The Labute approximate surface area is 131 Å². The normalized spacial score (nSPS) is 21.1. The second kappa shape index (κ2) is 7.42. The maximum Gasteiger partial charge on any atom is 0.314 e. The van der Waals surface area contributed by atoms with E-state index in [1.807, 2.05) is 0 Å². The zero-order valence-corrected chi connectivity index (χ0v) is 13.6. The van der Waals surface area contributed by atoms with Crippen molar-refractivity contribution in [2.45, 2.75) is 52.0 Å². The minimum absolute atomic E-state index is 0.126. The lowest BCUT2D eigenvalue weighted by molar-refractivity contribution is -0.136. The predicted octanol–water partition coefficient (Wildman–Crippen LogP) is 2.08. The average Bonchev–Trinajstić information content (AvgIpc) is 3.05. The lowest BCUT2D eigenvalue weighted by Gasteiger charge is -2.21. The van der Waals surface area contributed by atoms with Gasteiger partial charge in [-0.25, -0.2) is 0 Å². The van der Waals surface area contributed by atoms with Crippen LogP contribution in [0.4, 0.5) is 5.82 Å². The van der Waals surface area contributed by atoms with Crippen LogP contribution < -0.4 is 10.6 Å². The number of nitrogens with one attached hydrogen (secondary N) is 2. The number of nitrogens with zero attached hydrogens (tertiary/aromatic N) is 2. The lowest BCUT2D eigenvalue weighted by Crippen LogP contribution is -2.43. The van der Waals surface area contributed by atoms with Gasteiger partial charge in [0, 0.05) is 25.4 Å². The first-order chi connectivity index (χ1) is 10.5. The van der Waals surface area contributed by atoms with Gasteiger partial charge < -0.3 is 10.6 Å². The van der Waals surface area contributed by atoms with Crippen molar-refractivity contribution in [3.8, 4) is 0 Å². The first-order valence-electron chi connectivity index (χ1n) is 8.07. The van der Waals surface area contributed by atoms with Crippen LogP contribution in [0.5, 0.6) is 0 Å². The summed E-state index contributed by atoms with van der Waals surface area (Å²) in [6, 6.07) is 1.78. The van der Waals surface area contributed by atoms with E-state index < -0.39 is 11.8 Å². The zero-order valence-electron chi connectivity index (χ0n) is 13.6. The van der Waals surface area contributed by atoms with Gasteiger partial charge in [-0.2, -0.15) is 5.10 Å². The second-order valence-corrected chi connectivity index (χ2v) is 6.57. The molecule has 22 heavy (non-hydrogen) atoms. The fourth-order valence-corrected chi connectivity index (χ4v) is 3.01. The minimum atomic E-state index is -0.645. The van der Waals surface area contributed by atoms with E-state index in [9.17, 15) is 9.59 Å². The average molecular weight is 306 g/mol. The number of aryl methyl sites for hydroxylation is 1. The molecule has 0 aliphatic heterocycles. The molecule has 1 heterocycles. The second-order valence-electron chi connectivity index (χ2n) is 6.57. The van der Waals surface area contributed by atoms with E-state index in [2.05, 4.69) is 29.6 Å². The molecule has 1 aliphatic carbocycles. The Morgan fingerprint density at radius 3 is 2.77 bits per heavy atom. The number of rotatable bonds is 5. The highest BCUT2D eigenvalue weighted by atomic mass is 16.2. The highest BCUT2D eigenvalue weighted by molar-refractivity contribution is 6.39. The van der Waals surface area contributed by atoms with Crippen molar-refractivity contribution in [2.75, 3.05) is 5.32 Å². The fraction of sp³-hybridized carbons (Fsp3) is 0.688. The third-order valence-electron chi connectivity index (χ3n) is 4.25. The minimum Gasteiger partial charge on any atom is -0.345 e. The topological polar surface area (TPSA) is 76.0 Å². The first kappa shape index (κ1) is 16.5. The molecule has 6 heteroatoms. The van der Waals surface area contributed by atoms with Crippen molar-refractivity contribution < 1.29 is 9.59 Å². The van der Waals surface area contributed by atoms with Crippen LogP contribution in [0.25, 0.3) is 0 Å². The SMILES string of the molecule is CC(C)CC[C@H]1CCC[C@@H]1NC(=O)C(=O)Nc1ccn(C)n1. The van der Waals surface area contributed by atoms with Crippen LogP contribution in [-0.4, -0.2) is 27.6 Å². The van der Waals surface area contributed by atoms with Gasteiger partial charge in [0.1, 0.15) is 0 Å². The number of carbonyl (C=O) groups excluding carboxylic acids is 2. The van der Waals surface area contributed by atoms with Crippen LogP contribution in [-0.2, 0) is 16.6 Å². The quantitative estimate of drug-likeness (QED) is 0.818. The summed E-state index contributed by atoms with van der Waals surface area (Å²) in [6.45, 7) is 4.42. The van der Waals surface area contributed by atoms with E-state index in [-0.39, 0.29) is 6.04 Å². The van der Waals surface area contributed by atoms with Crippen molar-refractivity contribution in [1.82, 2.24) is 15.1 Å². The van der Waals surface area contributed by atoms with Crippen molar-refractivity contribution >= 4 is 17.6 Å². The molecule has 6 nitrogen and oxygen atoms in total. The van der Waals surface area contributed by atoms with Gasteiger partial charge in [-0.3, -0.25) is 14.3 Å². The fourth-order valence-electron chi connectivity index (χ4n) is 3.01. The summed E-state index contributed by atoms with van der Waals surface area (Å²) in [6.07, 6.45) is 7.22. The molecule has 0 radical (unpaired) electrons. The molecule has 1 saturated carbocycles. The summed E-state index contributed by atoms with van der Waals surface area (Å²) < 4.78 is 1.58. The standard InChI is InChI=1S/C16H26N4O2/c1-11(2)7-8-12-5-4-6-13(12)17-15(21)16(22)18-14-9-10-20(3)19-14/h9-13H,4-8H2,1-3H3,(H,17,21)(H,18,19,22)/t12-,13+/m1/s1. The van der Waals surface area contributed by atoms with Crippen LogP contribution >= 0.6 is 0 Å². The van der Waals surface area contributed by atoms with E-state index >= 15 is 0 Å². The number of hydrogen-bond acceptors (Lipinski definition) is 3. The smallest absolute Gasteiger partial charge is 0.314 e. The van der Waals surface area contributed by atoms with Crippen LogP contribution in [0.1, 0.15) is 46.0 Å². The van der Waals surface area contributed by atoms with Crippen LogP contribution in [0.3, 0.4) is 0 Å². The van der Waals surface area contributed by atoms with Crippen molar-refractivity contribution in [1.29, 1.82) is 0 Å². The highest BCUT2D eigenvalue weighted by Crippen LogP contribution is 2.30. The third kappa shape index (κ3) is 4.58. The molecule has 0 bridgehead atoms. The Bertz CT molecular complexity index is 524. The summed E-state index contributed by atoms with van der Waals surface area (Å²) >= 11 is 0. The highest BCUT2D eigenvalue weighted by Gasteiger charge is 2.30. The number of aromatic nitrogens is 2. The number of amides is 2. The molecule has 1 aliphatic rings. The molecule has 1 aromatic rings. The molecule has 0 saturated heterocycles. The van der Waals surface area contributed by atoms with Crippen LogP contribution in [0.2, 0.25) is 0 Å². The Hall–Kier alpha value is -1.85. The summed E-state index contributed by atoms with van der Waals surface area (Å²) in [5.41, 5.74) is 0. The van der Waals surface area contributed by atoms with Crippen molar-refractivity contribution in [3.05, 3.63) is 12.3 Å². The van der Waals surface area contributed by atoms with E-state index in [1.54, 1.807) is 24.0 Å². The summed E-state index contributed by atoms with van der Waals surface area (Å²) in [5.74, 6) is 0.351. The van der Waals surface area contributed by atoms with Crippen molar-refractivity contribution in [2.24, 2.45) is 18.9 Å². The first-order valence-corrected chi connectivity index (χ1v) is 8.07. The zero-order chi connectivity index (χ0) is 16.1. The maximum atomic E-state index is 12.0. The summed E-state index contributed by atoms with van der Waals surface area (Å²) in [7, 11) is 1.76. The Morgan fingerprint density at radius 1 is 1.36 bits per heavy atom. The van der Waals surface area contributed by atoms with Gasteiger partial charge in [-0.1, -0.05) is 26.7 Å². The van der Waals surface area contributed by atoms with Gasteiger partial charge in [0.25, 0.3) is 0 Å². The molecule has 1 fully saturated rings. The van der Waals surface area contributed by atoms with Gasteiger partial charge in [0.05, 0.1) is 0 Å². The number of anilines is 1. The number of carbonyl (C=O) groups is 2. The lowest BCUT2D eigenvalue weighted by atomic mass is 9.93. The molecule has 2 atom stereocenters. The van der Waals surface area contributed by atoms with Gasteiger partial charge in [-0.15, -0.1) is 0 Å². The molecule has 2 N–H and O–H groups in total. The predicted molar refractivity (Wildman–Crippen MR) is 85.2 cm³/mol. The monoisotopic (exact) mass is 306 g/mol. The van der Waals surface area contributed by atoms with E-state index in [4.69, 9.17) is 0 Å². The van der Waals surface area contributed by atoms with Crippen LogP contribution in [0.15, 0.2) is 12.3 Å². The molecule has 0 unspecified atom stereocenters. The molecule has 1 aromatic heterocycles. The molecule has 0 spiro atoms. The maximum absolute atomic E-state index is 12.0.